The molecule has 1 heterocycles. The number of hydrogen-bond acceptors (Lipinski definition) is 3. The minimum absolute atomic E-state index is 0.0578. The van der Waals surface area contributed by atoms with Crippen LogP contribution in [0.2, 0.25) is 0 Å². The largest absolute Gasteiger partial charge is 0.489 e. The van der Waals surface area contributed by atoms with E-state index in [4.69, 9.17) is 4.74 Å². The zero-order valence-corrected chi connectivity index (χ0v) is 14.1. The minimum Gasteiger partial charge on any atom is -0.489 e. The SMILES string of the molecule is CN=C(NCc1ccsc1)NCC(C)Oc1ccc(C)cc1. The fraction of sp³-hybridized carbons (Fsp3) is 0.353. The number of thiophene rings is 1. The summed E-state index contributed by atoms with van der Waals surface area (Å²) in [6, 6.07) is 10.2. The van der Waals surface area contributed by atoms with Crippen LogP contribution in [0.4, 0.5) is 0 Å². The Bertz CT molecular complexity index is 578. The van der Waals surface area contributed by atoms with Crippen LogP contribution in [-0.2, 0) is 6.54 Å². The first-order chi connectivity index (χ1) is 10.7. The van der Waals surface area contributed by atoms with Crippen molar-refractivity contribution in [2.45, 2.75) is 26.5 Å². The Morgan fingerprint density at radius 1 is 1.23 bits per heavy atom. The van der Waals surface area contributed by atoms with Crippen LogP contribution in [0.5, 0.6) is 5.75 Å². The van der Waals surface area contributed by atoms with Crippen molar-refractivity contribution in [3.63, 3.8) is 0 Å². The molecule has 1 unspecified atom stereocenters. The lowest BCUT2D eigenvalue weighted by Gasteiger charge is -2.17. The van der Waals surface area contributed by atoms with Gasteiger partial charge in [0.2, 0.25) is 0 Å². The molecule has 0 fully saturated rings. The van der Waals surface area contributed by atoms with Crippen molar-refractivity contribution < 1.29 is 4.74 Å². The van der Waals surface area contributed by atoms with Gasteiger partial charge in [0, 0.05) is 13.6 Å². The highest BCUT2D eigenvalue weighted by Gasteiger charge is 2.05. The van der Waals surface area contributed by atoms with Crippen LogP contribution in [0.15, 0.2) is 46.1 Å². The van der Waals surface area contributed by atoms with Gasteiger partial charge in [0.1, 0.15) is 11.9 Å². The molecule has 1 aromatic carbocycles. The van der Waals surface area contributed by atoms with Gasteiger partial charge in [-0.25, -0.2) is 0 Å². The van der Waals surface area contributed by atoms with Gasteiger partial charge in [-0.2, -0.15) is 11.3 Å². The molecule has 118 valence electrons. The van der Waals surface area contributed by atoms with Crippen molar-refractivity contribution in [2.24, 2.45) is 4.99 Å². The van der Waals surface area contributed by atoms with Crippen LogP contribution in [-0.4, -0.2) is 25.7 Å². The fourth-order valence-corrected chi connectivity index (χ4v) is 2.60. The fourth-order valence-electron chi connectivity index (χ4n) is 1.93. The van der Waals surface area contributed by atoms with E-state index in [1.807, 2.05) is 19.1 Å². The van der Waals surface area contributed by atoms with Crippen LogP contribution < -0.4 is 15.4 Å². The van der Waals surface area contributed by atoms with Crippen molar-refractivity contribution in [2.75, 3.05) is 13.6 Å². The monoisotopic (exact) mass is 317 g/mol. The maximum atomic E-state index is 5.87. The molecule has 2 N–H and O–H groups in total. The molecule has 0 aliphatic carbocycles. The van der Waals surface area contributed by atoms with Gasteiger partial charge in [-0.15, -0.1) is 0 Å². The Morgan fingerprint density at radius 3 is 2.64 bits per heavy atom. The van der Waals surface area contributed by atoms with Gasteiger partial charge in [-0.3, -0.25) is 4.99 Å². The Labute approximate surface area is 136 Å². The van der Waals surface area contributed by atoms with E-state index in [1.165, 1.54) is 11.1 Å². The summed E-state index contributed by atoms with van der Waals surface area (Å²) in [4.78, 5) is 4.22. The molecule has 0 bridgehead atoms. The van der Waals surface area contributed by atoms with E-state index in [0.717, 1.165) is 18.3 Å². The topological polar surface area (TPSA) is 45.7 Å². The van der Waals surface area contributed by atoms with Gasteiger partial charge >= 0.3 is 0 Å². The summed E-state index contributed by atoms with van der Waals surface area (Å²) in [5.41, 5.74) is 2.49. The van der Waals surface area contributed by atoms with Gasteiger partial charge in [-0.1, -0.05) is 17.7 Å². The zero-order chi connectivity index (χ0) is 15.8. The van der Waals surface area contributed by atoms with Gasteiger partial charge in [0.15, 0.2) is 5.96 Å². The molecule has 0 saturated heterocycles. The number of nitrogens with one attached hydrogen (secondary N) is 2. The van der Waals surface area contributed by atoms with Crippen molar-refractivity contribution >= 4 is 17.3 Å². The number of hydrogen-bond donors (Lipinski definition) is 2. The van der Waals surface area contributed by atoms with E-state index in [2.05, 4.69) is 51.5 Å². The van der Waals surface area contributed by atoms with E-state index in [1.54, 1.807) is 18.4 Å². The number of ether oxygens (including phenoxy) is 1. The van der Waals surface area contributed by atoms with Crippen LogP contribution >= 0.6 is 11.3 Å². The molecule has 0 radical (unpaired) electrons. The number of aryl methyl sites for hydroxylation is 1. The highest BCUT2D eigenvalue weighted by atomic mass is 32.1. The molecule has 0 spiro atoms. The maximum absolute atomic E-state index is 5.87. The normalized spacial score (nSPS) is 12.8. The number of rotatable bonds is 6. The average Bonchev–Trinajstić information content (AvgIpc) is 3.03. The molecule has 1 atom stereocenters. The smallest absolute Gasteiger partial charge is 0.191 e. The van der Waals surface area contributed by atoms with Crippen LogP contribution in [0.3, 0.4) is 0 Å². The van der Waals surface area contributed by atoms with E-state index >= 15 is 0 Å². The molecular weight excluding hydrogens is 294 g/mol. The number of guanidine groups is 1. The molecule has 0 amide bonds. The number of aliphatic imine (C=N–C) groups is 1. The summed E-state index contributed by atoms with van der Waals surface area (Å²) in [6.07, 6.45) is 0.0578. The van der Waals surface area contributed by atoms with E-state index in [-0.39, 0.29) is 6.10 Å². The van der Waals surface area contributed by atoms with Gasteiger partial charge in [0.25, 0.3) is 0 Å². The summed E-state index contributed by atoms with van der Waals surface area (Å²) in [5.74, 6) is 1.67. The molecule has 2 rings (SSSR count). The summed E-state index contributed by atoms with van der Waals surface area (Å²) >= 11 is 1.70. The Morgan fingerprint density at radius 2 is 2.00 bits per heavy atom. The highest BCUT2D eigenvalue weighted by Crippen LogP contribution is 2.12. The Hall–Kier alpha value is -2.01. The molecule has 2 aromatic rings. The van der Waals surface area contributed by atoms with Gasteiger partial charge in [0.05, 0.1) is 6.54 Å². The van der Waals surface area contributed by atoms with Crippen LogP contribution in [0.1, 0.15) is 18.1 Å². The summed E-state index contributed by atoms with van der Waals surface area (Å²) in [7, 11) is 1.77. The van der Waals surface area contributed by atoms with Crippen LogP contribution in [0.25, 0.3) is 0 Å². The van der Waals surface area contributed by atoms with Crippen molar-refractivity contribution in [1.82, 2.24) is 10.6 Å². The molecule has 0 saturated carbocycles. The lowest BCUT2D eigenvalue weighted by atomic mass is 10.2. The second-order valence-corrected chi connectivity index (χ2v) is 5.96. The first-order valence-electron chi connectivity index (χ1n) is 7.36. The Balaban J connectivity index is 1.73. The first kappa shape index (κ1) is 16.4. The first-order valence-corrected chi connectivity index (χ1v) is 8.30. The lowest BCUT2D eigenvalue weighted by molar-refractivity contribution is 0.224. The predicted octanol–water partition coefficient (Wildman–Crippen LogP) is 3.19. The second kappa shape index (κ2) is 8.44. The van der Waals surface area contributed by atoms with Crippen LogP contribution in [0, 0.1) is 6.92 Å². The standard InChI is InChI=1S/C17H23N3OS/c1-13-4-6-16(7-5-13)21-14(2)10-19-17(18-3)20-11-15-8-9-22-12-15/h4-9,12,14H,10-11H2,1-3H3,(H2,18,19,20). The molecule has 5 heteroatoms. The molecular formula is C17H23N3OS. The number of nitrogens with zero attached hydrogens (tertiary/aromatic N) is 1. The van der Waals surface area contributed by atoms with Crippen molar-refractivity contribution in [1.29, 1.82) is 0 Å². The molecule has 1 aromatic heterocycles. The molecule has 0 aliphatic rings. The van der Waals surface area contributed by atoms with E-state index < -0.39 is 0 Å². The van der Waals surface area contributed by atoms with Gasteiger partial charge < -0.3 is 15.4 Å². The molecule has 4 nitrogen and oxygen atoms in total. The highest BCUT2D eigenvalue weighted by molar-refractivity contribution is 7.07. The molecule has 22 heavy (non-hydrogen) atoms. The molecule has 0 aliphatic heterocycles. The average molecular weight is 317 g/mol. The predicted molar refractivity (Wildman–Crippen MR) is 93.8 cm³/mol. The maximum Gasteiger partial charge on any atom is 0.191 e. The summed E-state index contributed by atoms with van der Waals surface area (Å²) < 4.78 is 5.87. The Kier molecular flexibility index (Phi) is 6.27. The second-order valence-electron chi connectivity index (χ2n) is 5.18. The summed E-state index contributed by atoms with van der Waals surface area (Å²) in [5, 5.41) is 10.8. The third-order valence-electron chi connectivity index (χ3n) is 3.18. The quantitative estimate of drug-likeness (QED) is 0.635. The minimum atomic E-state index is 0.0578. The zero-order valence-electron chi connectivity index (χ0n) is 13.3. The summed E-state index contributed by atoms with van der Waals surface area (Å²) in [6.45, 7) is 5.57. The third kappa shape index (κ3) is 5.41. The number of benzene rings is 1. The van der Waals surface area contributed by atoms with Crippen molar-refractivity contribution in [3.05, 3.63) is 52.2 Å². The lowest BCUT2D eigenvalue weighted by Crippen LogP contribution is -2.41. The van der Waals surface area contributed by atoms with E-state index in [0.29, 0.717) is 6.54 Å². The van der Waals surface area contributed by atoms with Crippen molar-refractivity contribution in [3.8, 4) is 5.75 Å². The third-order valence-corrected chi connectivity index (χ3v) is 3.91. The van der Waals surface area contributed by atoms with E-state index in [9.17, 15) is 0 Å². The van der Waals surface area contributed by atoms with Gasteiger partial charge in [-0.05, 0) is 48.4 Å².